The molecule has 2 atom stereocenters. The summed E-state index contributed by atoms with van der Waals surface area (Å²) in [6.45, 7) is 7.74. The monoisotopic (exact) mass is 750 g/mol. The summed E-state index contributed by atoms with van der Waals surface area (Å²) in [6.07, 6.45) is 2.10. The fourth-order valence-electron chi connectivity index (χ4n) is 6.47. The first-order chi connectivity index (χ1) is 27.2. The van der Waals surface area contributed by atoms with Crippen LogP contribution in [0, 0.1) is 13.8 Å². The van der Waals surface area contributed by atoms with Gasteiger partial charge in [-0.05, 0) is 97.5 Å². The number of pyridine rings is 1. The van der Waals surface area contributed by atoms with Gasteiger partial charge in [-0.15, -0.1) is 0 Å². The lowest BCUT2D eigenvalue weighted by Gasteiger charge is -2.18. The number of aromatic nitrogens is 2. The lowest BCUT2D eigenvalue weighted by atomic mass is 10.0. The molecule has 3 amide bonds. The third-order valence-electron chi connectivity index (χ3n) is 9.51. The molecule has 0 unspecified atom stereocenters. The summed E-state index contributed by atoms with van der Waals surface area (Å²) in [4.78, 5) is 29.9. The van der Waals surface area contributed by atoms with Gasteiger partial charge in [-0.2, -0.15) is 0 Å². The number of carbonyl (C=O) groups is 2. The zero-order valence-corrected chi connectivity index (χ0v) is 32.2. The summed E-state index contributed by atoms with van der Waals surface area (Å²) < 4.78 is 7.97. The van der Waals surface area contributed by atoms with Gasteiger partial charge < -0.3 is 35.7 Å². The molecule has 6 aromatic rings. The molecule has 56 heavy (non-hydrogen) atoms. The Kier molecular flexibility index (Phi) is 13.7. The highest BCUT2D eigenvalue weighted by Gasteiger charge is 2.13. The third kappa shape index (κ3) is 11.6. The van der Waals surface area contributed by atoms with Crippen molar-refractivity contribution in [2.75, 3.05) is 6.54 Å². The first kappa shape index (κ1) is 39.5. The first-order valence-electron chi connectivity index (χ1n) is 19.0. The van der Waals surface area contributed by atoms with Crippen molar-refractivity contribution in [3.05, 3.63) is 178 Å². The van der Waals surface area contributed by atoms with E-state index in [4.69, 9.17) is 4.74 Å². The molecule has 288 valence electrons. The average Bonchev–Trinajstić information content (AvgIpc) is 3.55. The van der Waals surface area contributed by atoms with Crippen LogP contribution in [0.4, 0.5) is 4.79 Å². The fourth-order valence-corrected chi connectivity index (χ4v) is 6.47. The summed E-state index contributed by atoms with van der Waals surface area (Å²) in [6, 6.07) is 40.9. The number of rotatable bonds is 17. The normalized spacial score (nSPS) is 12.1. The summed E-state index contributed by atoms with van der Waals surface area (Å²) in [5, 5.41) is 23.1. The van der Waals surface area contributed by atoms with E-state index in [1.165, 1.54) is 0 Å². The molecule has 0 aliphatic carbocycles. The molecule has 0 bridgehead atoms. The van der Waals surface area contributed by atoms with Crippen molar-refractivity contribution in [3.8, 4) is 17.3 Å². The van der Waals surface area contributed by atoms with E-state index in [1.807, 2.05) is 117 Å². The van der Waals surface area contributed by atoms with Crippen molar-refractivity contribution in [2.45, 2.75) is 65.4 Å². The Morgan fingerprint density at radius 2 is 1.30 bits per heavy atom. The van der Waals surface area contributed by atoms with Crippen molar-refractivity contribution >= 4 is 11.9 Å². The molecule has 10 heteroatoms. The summed E-state index contributed by atoms with van der Waals surface area (Å²) in [5.41, 5.74) is 7.91. The molecule has 2 heterocycles. The van der Waals surface area contributed by atoms with E-state index in [0.29, 0.717) is 31.9 Å². The maximum absolute atomic E-state index is 12.8. The number of nitrogens with one attached hydrogen (secondary N) is 4. The number of ether oxygens (including phenoxy) is 1. The van der Waals surface area contributed by atoms with E-state index < -0.39 is 6.10 Å². The Morgan fingerprint density at radius 1 is 0.679 bits per heavy atom. The molecule has 6 rings (SSSR count). The zero-order chi connectivity index (χ0) is 39.3. The second-order valence-electron chi connectivity index (χ2n) is 14.1. The molecular formula is C46H50N6O4. The maximum Gasteiger partial charge on any atom is 0.315 e. The molecule has 10 nitrogen and oxygen atoms in total. The van der Waals surface area contributed by atoms with Gasteiger partial charge in [-0.3, -0.25) is 4.79 Å². The highest BCUT2D eigenvalue weighted by Crippen LogP contribution is 2.22. The summed E-state index contributed by atoms with van der Waals surface area (Å²) in [7, 11) is 0. The van der Waals surface area contributed by atoms with Gasteiger partial charge in [0, 0.05) is 55.4 Å². The number of para-hydroxylation sites is 1. The molecule has 0 saturated heterocycles. The Hall–Kier alpha value is -6.23. The number of aryl methyl sites for hydroxylation is 2. The van der Waals surface area contributed by atoms with Crippen molar-refractivity contribution in [1.29, 1.82) is 0 Å². The van der Waals surface area contributed by atoms with Gasteiger partial charge in [-0.1, -0.05) is 84.9 Å². The SMILES string of the molecule is Cc1ccc(C)n1-c1ccc([C@H](O)CN[C@H](C)Cc2cccc(CC(=O)NCc3ccc(CNC(=O)NCc4cccc(Oc5ccccc5)c4)cc3)c2)cn1. The van der Waals surface area contributed by atoms with Crippen molar-refractivity contribution in [3.63, 3.8) is 0 Å². The highest BCUT2D eigenvalue weighted by molar-refractivity contribution is 5.78. The molecular weight excluding hydrogens is 701 g/mol. The molecule has 0 fully saturated rings. The number of nitrogens with zero attached hydrogens (tertiary/aromatic N) is 2. The Balaban J connectivity index is 0.877. The number of urea groups is 1. The molecule has 0 radical (unpaired) electrons. The molecule has 4 aromatic carbocycles. The van der Waals surface area contributed by atoms with Crippen LogP contribution in [0.1, 0.15) is 57.8 Å². The second kappa shape index (κ2) is 19.4. The van der Waals surface area contributed by atoms with Crippen LogP contribution >= 0.6 is 0 Å². The van der Waals surface area contributed by atoms with Crippen molar-refractivity contribution < 1.29 is 19.4 Å². The van der Waals surface area contributed by atoms with Crippen LogP contribution in [0.3, 0.4) is 0 Å². The number of aliphatic hydroxyl groups excluding tert-OH is 1. The molecule has 2 aromatic heterocycles. The van der Waals surface area contributed by atoms with Crippen LogP contribution in [0.5, 0.6) is 11.5 Å². The average molecular weight is 751 g/mol. The maximum atomic E-state index is 12.8. The molecule has 0 aliphatic rings. The molecule has 5 N–H and O–H groups in total. The smallest absolute Gasteiger partial charge is 0.315 e. The van der Waals surface area contributed by atoms with E-state index >= 15 is 0 Å². The zero-order valence-electron chi connectivity index (χ0n) is 32.2. The molecule has 0 spiro atoms. The van der Waals surface area contributed by atoms with Crippen molar-refractivity contribution in [1.82, 2.24) is 30.8 Å². The minimum atomic E-state index is -0.679. The van der Waals surface area contributed by atoms with Gasteiger partial charge >= 0.3 is 6.03 Å². The Morgan fingerprint density at radius 3 is 2.00 bits per heavy atom. The molecule has 0 aliphatic heterocycles. The van der Waals surface area contributed by atoms with E-state index in [0.717, 1.165) is 62.8 Å². The van der Waals surface area contributed by atoms with E-state index in [-0.39, 0.29) is 24.4 Å². The topological polar surface area (TPSA) is 130 Å². The van der Waals surface area contributed by atoms with Gasteiger partial charge in [0.25, 0.3) is 0 Å². The Labute approximate surface area is 329 Å². The highest BCUT2D eigenvalue weighted by atomic mass is 16.5. The van der Waals surface area contributed by atoms with Crippen LogP contribution in [-0.2, 0) is 37.3 Å². The minimum absolute atomic E-state index is 0.0576. The lowest BCUT2D eigenvalue weighted by Crippen LogP contribution is -2.34. The van der Waals surface area contributed by atoms with Crippen LogP contribution in [-0.4, -0.2) is 39.2 Å². The number of aliphatic hydroxyl groups is 1. The van der Waals surface area contributed by atoms with Crippen LogP contribution in [0.15, 0.2) is 134 Å². The van der Waals surface area contributed by atoms with Crippen LogP contribution < -0.4 is 26.0 Å². The van der Waals surface area contributed by atoms with E-state index in [1.54, 1.807) is 6.20 Å². The van der Waals surface area contributed by atoms with Gasteiger partial charge in [0.2, 0.25) is 5.91 Å². The molecule has 0 saturated carbocycles. The van der Waals surface area contributed by atoms with E-state index in [9.17, 15) is 14.7 Å². The van der Waals surface area contributed by atoms with Gasteiger partial charge in [0.1, 0.15) is 17.3 Å². The fraction of sp³-hybridized carbons (Fsp3) is 0.239. The number of hydrogen-bond acceptors (Lipinski definition) is 6. The second-order valence-corrected chi connectivity index (χ2v) is 14.1. The lowest BCUT2D eigenvalue weighted by molar-refractivity contribution is -0.120. The minimum Gasteiger partial charge on any atom is -0.457 e. The van der Waals surface area contributed by atoms with Crippen molar-refractivity contribution in [2.24, 2.45) is 0 Å². The quantitative estimate of drug-likeness (QED) is 0.0662. The van der Waals surface area contributed by atoms with E-state index in [2.05, 4.69) is 62.0 Å². The number of hydrogen-bond donors (Lipinski definition) is 5. The standard InChI is InChI=1S/C46H50N6O4/c1-32(47-31-43(53)40-21-22-44(48-30-40)52-33(2)15-16-34(52)3)23-37-9-7-10-38(24-37)26-45(54)49-27-35-17-19-36(20-18-35)28-50-46(55)51-29-39-11-8-14-42(25-39)56-41-12-5-4-6-13-41/h4-22,24-25,30,32,43,47,53H,23,26-29,31H2,1-3H3,(H,49,54)(H2,50,51,55)/t32-,43-/m1/s1. The largest absolute Gasteiger partial charge is 0.457 e. The van der Waals surface area contributed by atoms with Crippen LogP contribution in [0.25, 0.3) is 5.82 Å². The number of carbonyl (C=O) groups excluding carboxylic acids is 2. The van der Waals surface area contributed by atoms with Gasteiger partial charge in [0.05, 0.1) is 12.5 Å². The number of amides is 3. The predicted octanol–water partition coefficient (Wildman–Crippen LogP) is 7.39. The summed E-state index contributed by atoms with van der Waals surface area (Å²) in [5.74, 6) is 2.24. The first-order valence-corrected chi connectivity index (χ1v) is 19.0. The van der Waals surface area contributed by atoms with Gasteiger partial charge in [0.15, 0.2) is 0 Å². The number of benzene rings is 4. The predicted molar refractivity (Wildman–Crippen MR) is 220 cm³/mol. The van der Waals surface area contributed by atoms with Gasteiger partial charge in [-0.25, -0.2) is 9.78 Å². The third-order valence-corrected chi connectivity index (χ3v) is 9.51. The summed E-state index contributed by atoms with van der Waals surface area (Å²) >= 11 is 0. The van der Waals surface area contributed by atoms with Crippen LogP contribution in [0.2, 0.25) is 0 Å². The Bertz CT molecular complexity index is 2170.